The van der Waals surface area contributed by atoms with E-state index < -0.39 is 27.9 Å². The second-order valence-electron chi connectivity index (χ2n) is 8.25. The zero-order valence-electron chi connectivity index (χ0n) is 18.2. The summed E-state index contributed by atoms with van der Waals surface area (Å²) < 4.78 is 26.7. The second kappa shape index (κ2) is 8.86. The summed E-state index contributed by atoms with van der Waals surface area (Å²) in [5.74, 6) is -0.864. The van der Waals surface area contributed by atoms with Gasteiger partial charge in [-0.3, -0.25) is 18.8 Å². The first-order valence-corrected chi connectivity index (χ1v) is 12.5. The molecule has 0 bridgehead atoms. The molecule has 9 nitrogen and oxygen atoms in total. The molecule has 4 rings (SSSR count). The Hall–Kier alpha value is -3.40. The Morgan fingerprint density at radius 2 is 1.55 bits per heavy atom. The predicted molar refractivity (Wildman–Crippen MR) is 122 cm³/mol. The van der Waals surface area contributed by atoms with E-state index in [0.717, 1.165) is 16.7 Å². The van der Waals surface area contributed by atoms with E-state index in [-0.39, 0.29) is 19.0 Å². The monoisotopic (exact) mass is 471 g/mol. The number of imide groups is 1. The van der Waals surface area contributed by atoms with Crippen molar-refractivity contribution in [3.8, 4) is 0 Å². The van der Waals surface area contributed by atoms with Crippen LogP contribution in [0.3, 0.4) is 0 Å². The number of anilines is 1. The summed E-state index contributed by atoms with van der Waals surface area (Å²) in [5.41, 5.74) is 1.94. The third-order valence-electron chi connectivity index (χ3n) is 6.22. The van der Waals surface area contributed by atoms with Crippen LogP contribution < -0.4 is 4.31 Å². The van der Waals surface area contributed by atoms with Gasteiger partial charge in [-0.2, -0.15) is 0 Å². The van der Waals surface area contributed by atoms with Crippen LogP contribution in [-0.4, -0.2) is 73.7 Å². The van der Waals surface area contributed by atoms with Crippen molar-refractivity contribution >= 4 is 33.6 Å². The Morgan fingerprint density at radius 3 is 2.09 bits per heavy atom. The van der Waals surface area contributed by atoms with Crippen molar-refractivity contribution in [2.24, 2.45) is 0 Å². The number of rotatable bonds is 6. The lowest BCUT2D eigenvalue weighted by Crippen LogP contribution is -2.41. The van der Waals surface area contributed by atoms with Crippen LogP contribution in [0.1, 0.15) is 45.0 Å². The highest BCUT2D eigenvalue weighted by molar-refractivity contribution is 7.92. The number of benzene rings is 2. The molecular weight excluding hydrogens is 446 g/mol. The summed E-state index contributed by atoms with van der Waals surface area (Å²) in [4.78, 5) is 39.0. The summed E-state index contributed by atoms with van der Waals surface area (Å²) in [6.45, 7) is 0.602. The van der Waals surface area contributed by atoms with Gasteiger partial charge in [-0.05, 0) is 42.5 Å². The average Bonchev–Trinajstić information content (AvgIpc) is 3.04. The number of carbonyl (C=O) groups excluding carboxylic acids is 2. The lowest BCUT2D eigenvalue weighted by molar-refractivity contribution is 0.0659. The molecular formula is C23H25N3O6S. The first-order valence-electron chi connectivity index (χ1n) is 10.7. The molecule has 2 aliphatic rings. The molecule has 1 N–H and O–H groups in total. The first-order chi connectivity index (χ1) is 15.7. The van der Waals surface area contributed by atoms with Crippen LogP contribution in [0.15, 0.2) is 48.5 Å². The molecule has 2 heterocycles. The number of likely N-dealkylation sites (tertiary alicyclic amines) is 1. The van der Waals surface area contributed by atoms with Gasteiger partial charge in [0.1, 0.15) is 0 Å². The third kappa shape index (κ3) is 4.43. The number of carboxylic acid groups (broad SMARTS) is 1. The molecule has 1 fully saturated rings. The molecule has 0 atom stereocenters. The third-order valence-corrected chi connectivity index (χ3v) is 7.40. The van der Waals surface area contributed by atoms with Crippen molar-refractivity contribution in [3.05, 3.63) is 65.2 Å². The zero-order chi connectivity index (χ0) is 23.8. The van der Waals surface area contributed by atoms with Gasteiger partial charge >= 0.3 is 6.09 Å². The predicted octanol–water partition coefficient (Wildman–Crippen LogP) is 2.61. The largest absolute Gasteiger partial charge is 0.465 e. The number of fused-ring (bicyclic) bond motifs is 1. The number of hydrogen-bond donors (Lipinski definition) is 1. The average molecular weight is 472 g/mol. The minimum atomic E-state index is -3.72. The van der Waals surface area contributed by atoms with Gasteiger partial charge in [-0.1, -0.05) is 30.3 Å². The van der Waals surface area contributed by atoms with Crippen LogP contribution in [0.2, 0.25) is 0 Å². The van der Waals surface area contributed by atoms with Crippen LogP contribution in [0, 0.1) is 0 Å². The number of carbonyl (C=O) groups is 3. The molecule has 1 saturated heterocycles. The van der Waals surface area contributed by atoms with Crippen molar-refractivity contribution in [3.63, 3.8) is 0 Å². The van der Waals surface area contributed by atoms with Crippen molar-refractivity contribution in [2.75, 3.05) is 36.7 Å². The minimum absolute atomic E-state index is 0.000329. The lowest BCUT2D eigenvalue weighted by atomic mass is 9.88. The van der Waals surface area contributed by atoms with E-state index in [4.69, 9.17) is 0 Å². The topological polar surface area (TPSA) is 115 Å². The molecule has 0 aromatic heterocycles. The maximum absolute atomic E-state index is 12.7. The Balaban J connectivity index is 1.57. The molecule has 0 unspecified atom stereocenters. The van der Waals surface area contributed by atoms with E-state index in [9.17, 15) is 27.9 Å². The lowest BCUT2D eigenvalue weighted by Gasteiger charge is -2.33. The van der Waals surface area contributed by atoms with Crippen LogP contribution in [0.4, 0.5) is 10.5 Å². The number of piperidine rings is 1. The summed E-state index contributed by atoms with van der Waals surface area (Å²) in [7, 11) is -3.72. The fourth-order valence-corrected chi connectivity index (χ4v) is 5.48. The number of para-hydroxylation sites is 1. The molecule has 10 heteroatoms. The van der Waals surface area contributed by atoms with Crippen LogP contribution in [0.25, 0.3) is 0 Å². The van der Waals surface area contributed by atoms with E-state index in [0.29, 0.717) is 42.7 Å². The van der Waals surface area contributed by atoms with E-state index in [2.05, 4.69) is 0 Å². The molecule has 0 spiro atoms. The standard InChI is InChI=1S/C23H25N3O6S/c1-33(31,32)26(15-14-25-21(27)18-7-2-3-8-19(18)22(25)28)20-9-5-4-6-17(20)16-10-12-24(13-11-16)23(29)30/h2-9,16H,10-15H2,1H3,(H,29,30). The van der Waals surface area contributed by atoms with Crippen LogP contribution in [-0.2, 0) is 10.0 Å². The van der Waals surface area contributed by atoms with Gasteiger partial charge in [0.15, 0.2) is 0 Å². The molecule has 0 radical (unpaired) electrons. The highest BCUT2D eigenvalue weighted by Crippen LogP contribution is 2.36. The summed E-state index contributed by atoms with van der Waals surface area (Å²) >= 11 is 0. The quantitative estimate of drug-likeness (QED) is 0.648. The van der Waals surface area contributed by atoms with Crippen LogP contribution in [0.5, 0.6) is 0 Å². The Kier molecular flexibility index (Phi) is 6.11. The number of amides is 3. The molecule has 2 aromatic carbocycles. The Bertz CT molecular complexity index is 1170. The molecule has 2 aliphatic heterocycles. The molecule has 33 heavy (non-hydrogen) atoms. The SMILES string of the molecule is CS(=O)(=O)N(CCN1C(=O)c2ccccc2C1=O)c1ccccc1C1CCN(C(=O)O)CC1. The minimum Gasteiger partial charge on any atom is -0.465 e. The van der Waals surface area contributed by atoms with Gasteiger partial charge in [0.2, 0.25) is 10.0 Å². The smallest absolute Gasteiger partial charge is 0.407 e. The molecule has 0 saturated carbocycles. The molecule has 174 valence electrons. The van der Waals surface area contributed by atoms with Crippen molar-refractivity contribution in [1.29, 1.82) is 0 Å². The van der Waals surface area contributed by atoms with Crippen molar-refractivity contribution < 1.29 is 27.9 Å². The fraction of sp³-hybridized carbons (Fsp3) is 0.348. The van der Waals surface area contributed by atoms with Gasteiger partial charge < -0.3 is 10.0 Å². The number of sulfonamides is 1. The van der Waals surface area contributed by atoms with E-state index >= 15 is 0 Å². The first kappa shape index (κ1) is 22.8. The van der Waals surface area contributed by atoms with Gasteiger partial charge in [0, 0.05) is 19.6 Å². The van der Waals surface area contributed by atoms with E-state index in [1.165, 1.54) is 9.21 Å². The number of nitrogens with zero attached hydrogens (tertiary/aromatic N) is 3. The highest BCUT2D eigenvalue weighted by Gasteiger charge is 2.36. The van der Waals surface area contributed by atoms with Gasteiger partial charge in [0.25, 0.3) is 11.8 Å². The zero-order valence-corrected chi connectivity index (χ0v) is 19.0. The number of hydrogen-bond acceptors (Lipinski definition) is 5. The van der Waals surface area contributed by atoms with Crippen molar-refractivity contribution in [2.45, 2.75) is 18.8 Å². The van der Waals surface area contributed by atoms with Gasteiger partial charge in [-0.25, -0.2) is 13.2 Å². The molecule has 0 aliphatic carbocycles. The molecule has 3 amide bonds. The Morgan fingerprint density at radius 1 is 1.00 bits per heavy atom. The molecule has 2 aromatic rings. The summed E-state index contributed by atoms with van der Waals surface area (Å²) in [6.07, 6.45) is 1.30. The van der Waals surface area contributed by atoms with Gasteiger partial charge in [0.05, 0.1) is 29.6 Å². The van der Waals surface area contributed by atoms with E-state index in [1.54, 1.807) is 36.4 Å². The van der Waals surface area contributed by atoms with Crippen molar-refractivity contribution in [1.82, 2.24) is 9.80 Å². The fourth-order valence-electron chi connectivity index (χ4n) is 4.54. The summed E-state index contributed by atoms with van der Waals surface area (Å²) in [6, 6.07) is 13.7. The normalized spacial score (nSPS) is 16.8. The maximum atomic E-state index is 12.7. The van der Waals surface area contributed by atoms with E-state index in [1.807, 2.05) is 12.1 Å². The van der Waals surface area contributed by atoms with Crippen LogP contribution >= 0.6 is 0 Å². The maximum Gasteiger partial charge on any atom is 0.407 e. The highest BCUT2D eigenvalue weighted by atomic mass is 32.2. The summed E-state index contributed by atoms with van der Waals surface area (Å²) in [5, 5.41) is 9.21. The second-order valence-corrected chi connectivity index (χ2v) is 10.2. The van der Waals surface area contributed by atoms with Gasteiger partial charge in [-0.15, -0.1) is 0 Å². The Labute approximate surface area is 192 Å².